The van der Waals surface area contributed by atoms with Gasteiger partial charge in [0.25, 0.3) is 0 Å². The van der Waals surface area contributed by atoms with E-state index in [4.69, 9.17) is 23.7 Å². The lowest BCUT2D eigenvalue weighted by Gasteiger charge is -2.49. The average Bonchev–Trinajstić information content (AvgIpc) is 3.08. The van der Waals surface area contributed by atoms with Crippen molar-refractivity contribution in [1.29, 1.82) is 0 Å². The number of carboxylic acid groups (broad SMARTS) is 1. The Kier molecular flexibility index (Phi) is 7.66. The van der Waals surface area contributed by atoms with Crippen LogP contribution in [-0.2, 0) is 44.5 Å². The zero-order valence-corrected chi connectivity index (χ0v) is 19.6. The quantitative estimate of drug-likeness (QED) is 0.355. The standard InChI is InChI=1S/C23H27NO11/c1-11(26)31-20-17(10-25)34-23(4,22(33-13(3)28)21(20)32-12(2)27)35-19-14-7-5-6-8-15(14)24-16(19)9-18(29)30/h5-8,17,20-22,24-25H,9-10H2,1-4H3,(H,29,30)/t17-,20-,21+,22-,23+/m1/s1. The molecule has 2 aromatic rings. The number of aliphatic carboxylic acids is 1. The maximum absolute atomic E-state index is 12.0. The van der Waals surface area contributed by atoms with E-state index < -0.39 is 67.1 Å². The van der Waals surface area contributed by atoms with Gasteiger partial charge in [-0.1, -0.05) is 12.1 Å². The van der Waals surface area contributed by atoms with Crippen molar-refractivity contribution in [1.82, 2.24) is 4.98 Å². The molecule has 0 saturated carbocycles. The molecule has 0 amide bonds. The molecule has 5 atom stereocenters. The molecular formula is C23H27NO11. The minimum Gasteiger partial charge on any atom is -0.481 e. The zero-order chi connectivity index (χ0) is 25.9. The van der Waals surface area contributed by atoms with E-state index in [-0.39, 0.29) is 11.4 Å². The van der Waals surface area contributed by atoms with E-state index in [1.54, 1.807) is 24.3 Å². The van der Waals surface area contributed by atoms with E-state index in [0.717, 1.165) is 20.8 Å². The third kappa shape index (κ3) is 5.72. The Morgan fingerprint density at radius 1 is 1.00 bits per heavy atom. The summed E-state index contributed by atoms with van der Waals surface area (Å²) in [5.74, 6) is -5.24. The summed E-state index contributed by atoms with van der Waals surface area (Å²) in [5.41, 5.74) is 0.784. The number of benzene rings is 1. The van der Waals surface area contributed by atoms with Crippen LogP contribution in [0.2, 0.25) is 0 Å². The summed E-state index contributed by atoms with van der Waals surface area (Å²) in [4.78, 5) is 50.2. The van der Waals surface area contributed by atoms with Gasteiger partial charge in [0, 0.05) is 38.6 Å². The molecule has 3 rings (SSSR count). The average molecular weight is 493 g/mol. The fourth-order valence-electron chi connectivity index (χ4n) is 4.12. The number of rotatable bonds is 8. The van der Waals surface area contributed by atoms with Gasteiger partial charge in [-0.3, -0.25) is 19.2 Å². The molecule has 1 saturated heterocycles. The fraction of sp³-hybridized carbons (Fsp3) is 0.478. The van der Waals surface area contributed by atoms with Crippen molar-refractivity contribution >= 4 is 34.8 Å². The van der Waals surface area contributed by atoms with Crippen molar-refractivity contribution in [2.75, 3.05) is 6.61 Å². The van der Waals surface area contributed by atoms with Crippen molar-refractivity contribution in [3.63, 3.8) is 0 Å². The number of nitrogens with one attached hydrogen (secondary N) is 1. The number of aromatic nitrogens is 1. The molecule has 0 unspecified atom stereocenters. The first-order chi connectivity index (χ1) is 16.4. The molecule has 35 heavy (non-hydrogen) atoms. The monoisotopic (exact) mass is 493 g/mol. The lowest BCUT2D eigenvalue weighted by Crippen LogP contribution is -2.68. The van der Waals surface area contributed by atoms with Gasteiger partial charge in [0.1, 0.15) is 6.10 Å². The van der Waals surface area contributed by atoms with Crippen LogP contribution in [0.5, 0.6) is 5.75 Å². The summed E-state index contributed by atoms with van der Waals surface area (Å²) in [7, 11) is 0. The highest BCUT2D eigenvalue weighted by atomic mass is 16.7. The van der Waals surface area contributed by atoms with Gasteiger partial charge >= 0.3 is 23.9 Å². The third-order valence-electron chi connectivity index (χ3n) is 5.33. The molecule has 1 fully saturated rings. The number of fused-ring (bicyclic) bond motifs is 1. The van der Waals surface area contributed by atoms with E-state index in [9.17, 15) is 29.4 Å². The number of ether oxygens (including phenoxy) is 5. The number of hydrogen-bond acceptors (Lipinski definition) is 10. The molecule has 12 heteroatoms. The molecule has 1 aromatic carbocycles. The number of carbonyl (C=O) groups excluding carboxylic acids is 3. The Bertz CT molecular complexity index is 1130. The second kappa shape index (κ2) is 10.3. The lowest BCUT2D eigenvalue weighted by molar-refractivity contribution is -0.333. The van der Waals surface area contributed by atoms with Crippen LogP contribution >= 0.6 is 0 Å². The molecule has 2 heterocycles. The van der Waals surface area contributed by atoms with Crippen molar-refractivity contribution < 1.29 is 53.1 Å². The summed E-state index contributed by atoms with van der Waals surface area (Å²) in [6.45, 7) is 4.07. The highest BCUT2D eigenvalue weighted by Gasteiger charge is 2.59. The van der Waals surface area contributed by atoms with Crippen LogP contribution in [0, 0.1) is 0 Å². The molecule has 0 spiro atoms. The summed E-state index contributed by atoms with van der Waals surface area (Å²) in [6, 6.07) is 6.87. The van der Waals surface area contributed by atoms with Crippen molar-refractivity contribution in [3.8, 4) is 5.75 Å². The number of hydrogen-bond donors (Lipinski definition) is 3. The second-order valence-electron chi connectivity index (χ2n) is 8.18. The maximum Gasteiger partial charge on any atom is 0.309 e. The van der Waals surface area contributed by atoms with Crippen LogP contribution in [0.3, 0.4) is 0 Å². The van der Waals surface area contributed by atoms with Crippen molar-refractivity contribution in [3.05, 3.63) is 30.0 Å². The molecule has 12 nitrogen and oxygen atoms in total. The fourth-order valence-corrected chi connectivity index (χ4v) is 4.12. The van der Waals surface area contributed by atoms with Gasteiger partial charge in [0.2, 0.25) is 11.9 Å². The van der Waals surface area contributed by atoms with Crippen LogP contribution in [0.4, 0.5) is 0 Å². The number of aliphatic hydroxyl groups is 1. The van der Waals surface area contributed by atoms with Gasteiger partial charge < -0.3 is 38.9 Å². The number of carbonyl (C=O) groups is 4. The largest absolute Gasteiger partial charge is 0.481 e. The molecule has 190 valence electrons. The first kappa shape index (κ1) is 26.0. The van der Waals surface area contributed by atoms with Gasteiger partial charge in [-0.2, -0.15) is 0 Å². The van der Waals surface area contributed by atoms with Gasteiger partial charge in [-0.05, 0) is 12.1 Å². The molecule has 0 radical (unpaired) electrons. The van der Waals surface area contributed by atoms with Gasteiger partial charge in [-0.25, -0.2) is 0 Å². The van der Waals surface area contributed by atoms with Crippen molar-refractivity contribution in [2.45, 2.75) is 64.3 Å². The Morgan fingerprint density at radius 3 is 2.17 bits per heavy atom. The summed E-state index contributed by atoms with van der Waals surface area (Å²) in [5, 5.41) is 19.9. The number of para-hydroxylation sites is 1. The molecular weight excluding hydrogens is 466 g/mol. The Balaban J connectivity index is 2.14. The Labute approximate surface area is 200 Å². The first-order valence-corrected chi connectivity index (χ1v) is 10.8. The molecule has 0 aliphatic carbocycles. The van der Waals surface area contributed by atoms with Gasteiger partial charge in [-0.15, -0.1) is 0 Å². The van der Waals surface area contributed by atoms with E-state index in [0.29, 0.717) is 10.9 Å². The Hall–Kier alpha value is -3.64. The number of carboxylic acids is 1. The molecule has 1 aromatic heterocycles. The highest BCUT2D eigenvalue weighted by molar-refractivity contribution is 5.89. The maximum atomic E-state index is 12.0. The van der Waals surface area contributed by atoms with Crippen LogP contribution in [0.15, 0.2) is 24.3 Å². The number of esters is 3. The van der Waals surface area contributed by atoms with Gasteiger partial charge in [0.05, 0.1) is 18.7 Å². The lowest BCUT2D eigenvalue weighted by atomic mass is 9.92. The number of aromatic amines is 1. The van der Waals surface area contributed by atoms with Crippen LogP contribution in [-0.4, -0.2) is 75.9 Å². The normalized spacial score (nSPS) is 26.1. The zero-order valence-electron chi connectivity index (χ0n) is 19.6. The van der Waals surface area contributed by atoms with Crippen LogP contribution < -0.4 is 4.74 Å². The summed E-state index contributed by atoms with van der Waals surface area (Å²) >= 11 is 0. The topological polar surface area (TPSA) is 171 Å². The summed E-state index contributed by atoms with van der Waals surface area (Å²) < 4.78 is 28.3. The third-order valence-corrected chi connectivity index (χ3v) is 5.33. The molecule has 3 N–H and O–H groups in total. The second-order valence-corrected chi connectivity index (χ2v) is 8.18. The number of H-pyrrole nitrogens is 1. The highest BCUT2D eigenvalue weighted by Crippen LogP contribution is 2.40. The van der Waals surface area contributed by atoms with E-state index >= 15 is 0 Å². The molecule has 1 aliphatic rings. The predicted molar refractivity (Wildman–Crippen MR) is 117 cm³/mol. The van der Waals surface area contributed by atoms with E-state index in [1.807, 2.05) is 0 Å². The SMILES string of the molecule is CC(=O)O[C@H]1[C@H](OC(C)=O)[C@@H](CO)O[C@@](C)(Oc2c(CC(=O)O)[nH]c3ccccc23)[C@@H]1OC(C)=O. The first-order valence-electron chi connectivity index (χ1n) is 10.8. The van der Waals surface area contributed by atoms with Gasteiger partial charge in [0.15, 0.2) is 18.0 Å². The summed E-state index contributed by atoms with van der Waals surface area (Å²) in [6.07, 6.45) is -5.88. The predicted octanol–water partition coefficient (Wildman–Crippen LogP) is 1.08. The Morgan fingerprint density at radius 2 is 1.60 bits per heavy atom. The smallest absolute Gasteiger partial charge is 0.309 e. The van der Waals surface area contributed by atoms with E-state index in [2.05, 4.69) is 4.98 Å². The van der Waals surface area contributed by atoms with Crippen molar-refractivity contribution in [2.24, 2.45) is 0 Å². The minimum atomic E-state index is -1.91. The van der Waals surface area contributed by atoms with E-state index in [1.165, 1.54) is 6.92 Å². The molecule has 0 bridgehead atoms. The van der Waals surface area contributed by atoms with Crippen LogP contribution in [0.25, 0.3) is 10.9 Å². The molecule has 1 aliphatic heterocycles. The minimum absolute atomic E-state index is 0.104. The number of aliphatic hydroxyl groups excluding tert-OH is 1. The van der Waals surface area contributed by atoms with Crippen LogP contribution in [0.1, 0.15) is 33.4 Å².